The van der Waals surface area contributed by atoms with Gasteiger partial charge in [-0.2, -0.15) is 11.8 Å². The normalized spacial score (nSPS) is 26.1. The summed E-state index contributed by atoms with van der Waals surface area (Å²) < 4.78 is 4.43. The van der Waals surface area contributed by atoms with E-state index >= 15 is 0 Å². The van der Waals surface area contributed by atoms with Gasteiger partial charge in [0.15, 0.2) is 0 Å². The van der Waals surface area contributed by atoms with Crippen molar-refractivity contribution in [1.29, 1.82) is 0 Å². The lowest BCUT2D eigenvalue weighted by molar-refractivity contribution is -0.145. The SMILES string of the molecule is COC(=O)CNC1(C(=O)O)CCSC1. The molecule has 6 heteroatoms. The molecule has 14 heavy (non-hydrogen) atoms. The minimum absolute atomic E-state index is 0.0522. The molecule has 5 nitrogen and oxygen atoms in total. The first-order valence-corrected chi connectivity index (χ1v) is 5.39. The summed E-state index contributed by atoms with van der Waals surface area (Å²) in [5.41, 5.74) is -0.946. The Labute approximate surface area is 86.2 Å². The van der Waals surface area contributed by atoms with Crippen LogP contribution in [0.4, 0.5) is 0 Å². The highest BCUT2D eigenvalue weighted by Gasteiger charge is 2.41. The number of ether oxygens (including phenoxy) is 1. The van der Waals surface area contributed by atoms with Crippen molar-refractivity contribution in [3.05, 3.63) is 0 Å². The summed E-state index contributed by atoms with van der Waals surface area (Å²) >= 11 is 1.57. The molecule has 0 aromatic heterocycles. The molecule has 1 aliphatic heterocycles. The zero-order valence-electron chi connectivity index (χ0n) is 7.91. The van der Waals surface area contributed by atoms with Crippen LogP contribution >= 0.6 is 11.8 Å². The van der Waals surface area contributed by atoms with Gasteiger partial charge in [0.2, 0.25) is 0 Å². The summed E-state index contributed by atoms with van der Waals surface area (Å²) in [5, 5.41) is 11.8. The maximum Gasteiger partial charge on any atom is 0.324 e. The molecule has 0 saturated carbocycles. The lowest BCUT2D eigenvalue weighted by Gasteiger charge is -2.23. The van der Waals surface area contributed by atoms with Gasteiger partial charge in [-0.3, -0.25) is 14.9 Å². The van der Waals surface area contributed by atoms with Crippen LogP contribution in [0.3, 0.4) is 0 Å². The molecule has 1 fully saturated rings. The third-order valence-corrected chi connectivity index (χ3v) is 3.42. The molecule has 0 radical (unpaired) electrons. The topological polar surface area (TPSA) is 75.6 Å². The number of carboxylic acid groups (broad SMARTS) is 1. The average Bonchev–Trinajstić information content (AvgIpc) is 2.64. The quantitative estimate of drug-likeness (QED) is 0.633. The Hall–Kier alpha value is -0.750. The van der Waals surface area contributed by atoms with E-state index in [4.69, 9.17) is 5.11 Å². The van der Waals surface area contributed by atoms with Crippen molar-refractivity contribution in [3.63, 3.8) is 0 Å². The molecule has 0 aromatic carbocycles. The lowest BCUT2D eigenvalue weighted by atomic mass is 9.99. The number of rotatable bonds is 4. The first-order valence-electron chi connectivity index (χ1n) is 4.24. The molecule has 0 aromatic rings. The number of carbonyl (C=O) groups is 2. The highest BCUT2D eigenvalue weighted by molar-refractivity contribution is 7.99. The number of carboxylic acids is 1. The average molecular weight is 219 g/mol. The number of nitrogens with one attached hydrogen (secondary N) is 1. The monoisotopic (exact) mass is 219 g/mol. The van der Waals surface area contributed by atoms with Gasteiger partial charge in [-0.15, -0.1) is 0 Å². The second kappa shape index (κ2) is 4.65. The number of aliphatic carboxylic acids is 1. The minimum Gasteiger partial charge on any atom is -0.480 e. The van der Waals surface area contributed by atoms with Crippen molar-refractivity contribution in [2.45, 2.75) is 12.0 Å². The van der Waals surface area contributed by atoms with Gasteiger partial charge in [0.05, 0.1) is 13.7 Å². The van der Waals surface area contributed by atoms with E-state index in [1.807, 2.05) is 0 Å². The van der Waals surface area contributed by atoms with Crippen molar-refractivity contribution in [2.75, 3.05) is 25.2 Å². The van der Waals surface area contributed by atoms with Crippen molar-refractivity contribution in [1.82, 2.24) is 5.32 Å². The zero-order chi connectivity index (χ0) is 10.6. The fourth-order valence-electron chi connectivity index (χ4n) is 1.26. The van der Waals surface area contributed by atoms with E-state index in [1.165, 1.54) is 7.11 Å². The van der Waals surface area contributed by atoms with Crippen LogP contribution in [-0.4, -0.2) is 47.7 Å². The fraction of sp³-hybridized carbons (Fsp3) is 0.750. The molecule has 80 valence electrons. The third-order valence-electron chi connectivity index (χ3n) is 2.23. The van der Waals surface area contributed by atoms with E-state index in [1.54, 1.807) is 11.8 Å². The van der Waals surface area contributed by atoms with Crippen LogP contribution in [-0.2, 0) is 14.3 Å². The van der Waals surface area contributed by atoms with E-state index in [0.29, 0.717) is 12.2 Å². The van der Waals surface area contributed by atoms with Crippen molar-refractivity contribution >= 4 is 23.7 Å². The van der Waals surface area contributed by atoms with E-state index in [9.17, 15) is 9.59 Å². The van der Waals surface area contributed by atoms with Crippen LogP contribution in [0.5, 0.6) is 0 Å². The fourth-order valence-corrected chi connectivity index (χ4v) is 2.62. The molecule has 0 bridgehead atoms. The maximum absolute atomic E-state index is 11.0. The van der Waals surface area contributed by atoms with Crippen molar-refractivity contribution in [2.24, 2.45) is 0 Å². The molecule has 1 unspecified atom stereocenters. The van der Waals surface area contributed by atoms with Gasteiger partial charge >= 0.3 is 11.9 Å². The van der Waals surface area contributed by atoms with Crippen LogP contribution in [0.25, 0.3) is 0 Å². The molecule has 0 spiro atoms. The second-order valence-electron chi connectivity index (χ2n) is 3.12. The number of methoxy groups -OCH3 is 1. The number of carbonyl (C=O) groups excluding carboxylic acids is 1. The molecule has 2 N–H and O–H groups in total. The molecule has 1 atom stereocenters. The Kier molecular flexibility index (Phi) is 3.77. The Balaban J connectivity index is 2.52. The van der Waals surface area contributed by atoms with Crippen LogP contribution in [0.1, 0.15) is 6.42 Å². The third kappa shape index (κ3) is 2.39. The Morgan fingerprint density at radius 2 is 2.36 bits per heavy atom. The van der Waals surface area contributed by atoms with Gasteiger partial charge < -0.3 is 9.84 Å². The second-order valence-corrected chi connectivity index (χ2v) is 4.22. The largest absolute Gasteiger partial charge is 0.480 e. The summed E-state index contributed by atoms with van der Waals surface area (Å²) in [6.07, 6.45) is 0.546. The predicted octanol–water partition coefficient (Wildman–Crippen LogP) is -0.291. The van der Waals surface area contributed by atoms with E-state index in [2.05, 4.69) is 10.1 Å². The number of esters is 1. The molecular weight excluding hydrogens is 206 g/mol. The van der Waals surface area contributed by atoms with Crippen LogP contribution in [0.2, 0.25) is 0 Å². The van der Waals surface area contributed by atoms with E-state index in [-0.39, 0.29) is 6.54 Å². The predicted molar refractivity (Wildman–Crippen MR) is 52.3 cm³/mol. The molecular formula is C8H13NO4S. The lowest BCUT2D eigenvalue weighted by Crippen LogP contribution is -2.54. The molecule has 1 saturated heterocycles. The molecule has 0 aliphatic carbocycles. The highest BCUT2D eigenvalue weighted by atomic mass is 32.2. The number of hydrogen-bond donors (Lipinski definition) is 2. The molecule has 1 aliphatic rings. The summed E-state index contributed by atoms with van der Waals surface area (Å²) in [6, 6.07) is 0. The number of thioether (sulfide) groups is 1. The maximum atomic E-state index is 11.0. The molecule has 0 amide bonds. The van der Waals surface area contributed by atoms with Crippen LogP contribution < -0.4 is 5.32 Å². The summed E-state index contributed by atoms with van der Waals surface area (Å²) in [5.74, 6) is -0.0336. The Morgan fingerprint density at radius 1 is 1.64 bits per heavy atom. The Morgan fingerprint density at radius 3 is 2.79 bits per heavy atom. The Bertz CT molecular complexity index is 237. The van der Waals surface area contributed by atoms with Gasteiger partial charge in [-0.05, 0) is 12.2 Å². The first-order chi connectivity index (χ1) is 6.60. The summed E-state index contributed by atoms with van der Waals surface area (Å²) in [7, 11) is 1.28. The summed E-state index contributed by atoms with van der Waals surface area (Å²) in [4.78, 5) is 21.8. The number of hydrogen-bond acceptors (Lipinski definition) is 5. The minimum atomic E-state index is -0.946. The first kappa shape index (κ1) is 11.3. The van der Waals surface area contributed by atoms with Crippen molar-refractivity contribution in [3.8, 4) is 0 Å². The van der Waals surface area contributed by atoms with Gasteiger partial charge in [0, 0.05) is 5.75 Å². The van der Waals surface area contributed by atoms with Crippen LogP contribution in [0.15, 0.2) is 0 Å². The van der Waals surface area contributed by atoms with Gasteiger partial charge in [-0.1, -0.05) is 0 Å². The van der Waals surface area contributed by atoms with Gasteiger partial charge in [0.1, 0.15) is 5.54 Å². The van der Waals surface area contributed by atoms with E-state index < -0.39 is 17.5 Å². The van der Waals surface area contributed by atoms with Crippen molar-refractivity contribution < 1.29 is 19.4 Å². The molecule has 1 heterocycles. The standard InChI is InChI=1S/C8H13NO4S/c1-13-6(10)4-9-8(7(11)12)2-3-14-5-8/h9H,2-5H2,1H3,(H,11,12). The summed E-state index contributed by atoms with van der Waals surface area (Å²) in [6.45, 7) is -0.0522. The smallest absolute Gasteiger partial charge is 0.324 e. The zero-order valence-corrected chi connectivity index (χ0v) is 8.73. The van der Waals surface area contributed by atoms with Crippen LogP contribution in [0, 0.1) is 0 Å². The molecule has 1 rings (SSSR count). The van der Waals surface area contributed by atoms with Gasteiger partial charge in [0.25, 0.3) is 0 Å². The van der Waals surface area contributed by atoms with E-state index in [0.717, 1.165) is 5.75 Å². The highest BCUT2D eigenvalue weighted by Crippen LogP contribution is 2.27. The van der Waals surface area contributed by atoms with Gasteiger partial charge in [-0.25, -0.2) is 0 Å².